The van der Waals surface area contributed by atoms with Gasteiger partial charge in [-0.2, -0.15) is 0 Å². The minimum atomic E-state index is -1.79. The van der Waals surface area contributed by atoms with Crippen LogP contribution in [0, 0.1) is 0 Å². The largest absolute Gasteiger partial charge is 0.504 e. The maximum Gasteiger partial charge on any atom is 0.354 e. The Kier molecular flexibility index (Phi) is 9.11. The lowest BCUT2D eigenvalue weighted by molar-refractivity contribution is -0.278. The fraction of sp³-hybridized carbons (Fsp3) is 0.423. The van der Waals surface area contributed by atoms with Crippen LogP contribution in [0.3, 0.4) is 0 Å². The molecule has 0 aliphatic carbocycles. The van der Waals surface area contributed by atoms with E-state index in [1.165, 1.54) is 18.2 Å². The average molecular weight is 593 g/mol. The molecule has 0 radical (unpaired) electrons. The SMILES string of the molecule is O=C(O)CC(=O)OC[C@H]1O[C@@H](Oc2cc3c(cc2O)N(/C=C/C2=CC(C(=O)O)=N[C@H](C(=O)O)C2)CC3)[C@H](O)[C@@H](O)[C@@H]1O. The number of carbonyl (C=O) groups is 4. The number of aromatic hydroxyl groups is 1. The van der Waals surface area contributed by atoms with Crippen LogP contribution < -0.4 is 9.64 Å². The van der Waals surface area contributed by atoms with Crippen LogP contribution in [0.15, 0.2) is 41.1 Å². The number of aliphatic imine (C=N–C) groups is 1. The van der Waals surface area contributed by atoms with Crippen molar-refractivity contribution in [1.82, 2.24) is 0 Å². The fourth-order valence-electron chi connectivity index (χ4n) is 4.57. The number of aliphatic carboxylic acids is 3. The fourth-order valence-corrected chi connectivity index (χ4v) is 4.57. The van der Waals surface area contributed by atoms with E-state index in [-0.39, 0.29) is 23.6 Å². The molecule has 0 unspecified atom stereocenters. The van der Waals surface area contributed by atoms with Crippen LogP contribution in [0.25, 0.3) is 0 Å². The Labute approximate surface area is 237 Å². The number of esters is 1. The smallest absolute Gasteiger partial charge is 0.354 e. The van der Waals surface area contributed by atoms with Crippen molar-refractivity contribution in [2.45, 2.75) is 56.0 Å². The van der Waals surface area contributed by atoms with Crippen LogP contribution in [0.1, 0.15) is 18.4 Å². The second-order valence-electron chi connectivity index (χ2n) is 9.69. The first-order valence-corrected chi connectivity index (χ1v) is 12.6. The summed E-state index contributed by atoms with van der Waals surface area (Å²) in [6, 6.07) is 1.61. The molecule has 1 aromatic rings. The first kappa shape index (κ1) is 30.4. The maximum atomic E-state index is 11.5. The number of carbonyl (C=O) groups excluding carboxylic acids is 1. The second-order valence-corrected chi connectivity index (χ2v) is 9.69. The van der Waals surface area contributed by atoms with E-state index in [0.29, 0.717) is 29.8 Å². The number of fused-ring (bicyclic) bond motifs is 1. The van der Waals surface area contributed by atoms with Gasteiger partial charge in [-0.25, -0.2) is 9.59 Å². The van der Waals surface area contributed by atoms with E-state index in [1.807, 2.05) is 0 Å². The summed E-state index contributed by atoms with van der Waals surface area (Å²) in [6.07, 6.45) is -4.25. The number of dihydropyridines is 1. The first-order valence-electron chi connectivity index (χ1n) is 12.6. The van der Waals surface area contributed by atoms with E-state index in [2.05, 4.69) is 4.99 Å². The zero-order valence-electron chi connectivity index (χ0n) is 21.8. The van der Waals surface area contributed by atoms with Gasteiger partial charge >= 0.3 is 23.9 Å². The Morgan fingerprint density at radius 1 is 1.07 bits per heavy atom. The van der Waals surface area contributed by atoms with E-state index in [1.54, 1.807) is 17.2 Å². The third-order valence-electron chi connectivity index (χ3n) is 6.73. The number of allylic oxidation sites excluding steroid dienone is 1. The molecule has 16 heteroatoms. The number of hydrogen-bond donors (Lipinski definition) is 7. The molecule has 226 valence electrons. The summed E-state index contributed by atoms with van der Waals surface area (Å²) >= 11 is 0. The summed E-state index contributed by atoms with van der Waals surface area (Å²) in [5.74, 6) is -5.65. The predicted molar refractivity (Wildman–Crippen MR) is 138 cm³/mol. The topological polar surface area (TPSA) is 253 Å². The number of ether oxygens (including phenoxy) is 3. The lowest BCUT2D eigenvalue weighted by Gasteiger charge is -2.40. The molecule has 4 rings (SSSR count). The molecule has 16 nitrogen and oxygen atoms in total. The van der Waals surface area contributed by atoms with Gasteiger partial charge in [0, 0.05) is 30.9 Å². The maximum absolute atomic E-state index is 11.5. The van der Waals surface area contributed by atoms with Crippen molar-refractivity contribution >= 4 is 35.3 Å². The number of nitrogens with zero attached hydrogens (tertiary/aromatic N) is 2. The predicted octanol–water partition coefficient (Wildman–Crippen LogP) is -1.22. The van der Waals surface area contributed by atoms with Crippen molar-refractivity contribution in [3.8, 4) is 11.5 Å². The third kappa shape index (κ3) is 6.85. The van der Waals surface area contributed by atoms with Gasteiger partial charge in [0.05, 0.1) is 0 Å². The highest BCUT2D eigenvalue weighted by molar-refractivity contribution is 6.41. The summed E-state index contributed by atoms with van der Waals surface area (Å²) in [4.78, 5) is 50.3. The van der Waals surface area contributed by atoms with Gasteiger partial charge in [-0.3, -0.25) is 14.6 Å². The van der Waals surface area contributed by atoms with Crippen molar-refractivity contribution in [2.24, 2.45) is 4.99 Å². The average Bonchev–Trinajstić information content (AvgIpc) is 3.32. The molecule has 0 aromatic heterocycles. The quantitative estimate of drug-likeness (QED) is 0.124. The zero-order chi connectivity index (χ0) is 30.7. The van der Waals surface area contributed by atoms with Gasteiger partial charge < -0.3 is 54.9 Å². The Balaban J connectivity index is 1.46. The molecule has 3 heterocycles. The molecule has 42 heavy (non-hydrogen) atoms. The molecule has 1 fully saturated rings. The number of carboxylic acid groups (broad SMARTS) is 3. The number of aliphatic hydroxyl groups is 3. The van der Waals surface area contributed by atoms with Gasteiger partial charge in [0.2, 0.25) is 6.29 Å². The number of aliphatic hydroxyl groups excluding tert-OH is 3. The summed E-state index contributed by atoms with van der Waals surface area (Å²) in [5.41, 5.74) is 1.32. The highest BCUT2D eigenvalue weighted by atomic mass is 16.7. The molecule has 6 atom stereocenters. The van der Waals surface area contributed by atoms with Gasteiger partial charge in [-0.1, -0.05) is 0 Å². The van der Waals surface area contributed by atoms with Crippen LogP contribution in [0.4, 0.5) is 5.69 Å². The van der Waals surface area contributed by atoms with Crippen LogP contribution in [0.2, 0.25) is 0 Å². The van der Waals surface area contributed by atoms with E-state index in [9.17, 15) is 49.8 Å². The molecule has 1 saturated heterocycles. The monoisotopic (exact) mass is 592 g/mol. The van der Waals surface area contributed by atoms with E-state index < -0.39 is 73.7 Å². The minimum Gasteiger partial charge on any atom is -0.504 e. The zero-order valence-corrected chi connectivity index (χ0v) is 21.8. The molecule has 0 spiro atoms. The summed E-state index contributed by atoms with van der Waals surface area (Å²) in [6.45, 7) is -0.195. The number of benzene rings is 1. The lowest BCUT2D eigenvalue weighted by atomic mass is 9.99. The van der Waals surface area contributed by atoms with Crippen molar-refractivity contribution in [3.05, 3.63) is 41.6 Å². The Morgan fingerprint density at radius 3 is 2.48 bits per heavy atom. The van der Waals surface area contributed by atoms with Gasteiger partial charge in [0.25, 0.3) is 0 Å². The standard InChI is InChI=1S/C26H28N2O14/c29-16-8-15-12(2-4-28(15)3-1-11-5-13(24(36)37)27-14(6-11)25(38)39)7-17(16)41-26-23(35)22(34)21(33)18(42-26)10-40-20(32)9-19(30)31/h1,3,5,7-8,14,18,21-23,26,29,33-35H,2,4,6,9-10H2,(H,30,31)(H,36,37)(H,38,39)/b3-1+/t14-,18+,21+,22-,23+,26+/m0/s1. The Bertz CT molecular complexity index is 1350. The summed E-state index contributed by atoms with van der Waals surface area (Å²) in [5, 5.41) is 68.7. The van der Waals surface area contributed by atoms with Crippen molar-refractivity contribution < 1.29 is 69.1 Å². The summed E-state index contributed by atoms with van der Waals surface area (Å²) < 4.78 is 15.8. The van der Waals surface area contributed by atoms with Crippen LogP contribution >= 0.6 is 0 Å². The van der Waals surface area contributed by atoms with Crippen LogP contribution in [-0.4, -0.2) is 115 Å². The number of anilines is 1. The number of rotatable bonds is 10. The molecule has 3 aliphatic rings. The minimum absolute atomic E-state index is 0.00858. The van der Waals surface area contributed by atoms with Gasteiger partial charge in [-0.05, 0) is 35.8 Å². The number of hydrogen-bond acceptors (Lipinski definition) is 13. The Morgan fingerprint density at radius 2 is 1.81 bits per heavy atom. The molecule has 3 aliphatic heterocycles. The first-order chi connectivity index (χ1) is 19.8. The molecule has 1 aromatic carbocycles. The molecular weight excluding hydrogens is 564 g/mol. The van der Waals surface area contributed by atoms with Crippen molar-refractivity contribution in [3.63, 3.8) is 0 Å². The van der Waals surface area contributed by atoms with Gasteiger partial charge in [0.15, 0.2) is 17.5 Å². The Hall–Kier alpha value is -4.51. The van der Waals surface area contributed by atoms with E-state index >= 15 is 0 Å². The number of carboxylic acids is 3. The second kappa shape index (κ2) is 12.6. The molecule has 0 bridgehead atoms. The lowest BCUT2D eigenvalue weighted by Crippen LogP contribution is -2.60. The molecule has 0 saturated carbocycles. The molecular formula is C26H28N2O14. The van der Waals surface area contributed by atoms with E-state index in [0.717, 1.165) is 0 Å². The molecule has 0 amide bonds. The third-order valence-corrected chi connectivity index (χ3v) is 6.73. The van der Waals surface area contributed by atoms with Gasteiger partial charge in [-0.15, -0.1) is 0 Å². The van der Waals surface area contributed by atoms with Crippen molar-refractivity contribution in [2.75, 3.05) is 18.1 Å². The highest BCUT2D eigenvalue weighted by Gasteiger charge is 2.46. The number of phenols is 1. The van der Waals surface area contributed by atoms with Gasteiger partial charge in [0.1, 0.15) is 43.2 Å². The van der Waals surface area contributed by atoms with Crippen LogP contribution in [-0.2, 0) is 35.1 Å². The molecule has 7 N–H and O–H groups in total. The van der Waals surface area contributed by atoms with Crippen molar-refractivity contribution in [1.29, 1.82) is 0 Å². The highest BCUT2D eigenvalue weighted by Crippen LogP contribution is 2.40. The van der Waals surface area contributed by atoms with E-state index in [4.69, 9.17) is 19.3 Å². The normalized spacial score (nSPS) is 27.2. The van der Waals surface area contributed by atoms with Crippen LogP contribution in [0.5, 0.6) is 11.5 Å². The summed E-state index contributed by atoms with van der Waals surface area (Å²) in [7, 11) is 0. The number of phenolic OH excluding ortho intramolecular Hbond substituents is 1.